The summed E-state index contributed by atoms with van der Waals surface area (Å²) in [6.07, 6.45) is -0.959. The van der Waals surface area contributed by atoms with Gasteiger partial charge in [-0.1, -0.05) is 26.0 Å². The average molecular weight is 419 g/mol. The molecule has 5 rings (SSSR count). The highest BCUT2D eigenvalue weighted by molar-refractivity contribution is 6.20. The molecule has 0 bridgehead atoms. The highest BCUT2D eigenvalue weighted by atomic mass is 16.5. The first-order chi connectivity index (χ1) is 14.9. The van der Waals surface area contributed by atoms with Crippen LogP contribution < -0.4 is 4.74 Å². The number of benzene rings is 2. The molecule has 0 spiro atoms. The number of fused-ring (bicyclic) bond motifs is 4. The molecule has 31 heavy (non-hydrogen) atoms. The smallest absolute Gasteiger partial charge is 0.204 e. The van der Waals surface area contributed by atoms with Crippen molar-refractivity contribution < 1.29 is 19.7 Å². The van der Waals surface area contributed by atoms with Crippen LogP contribution in [0.1, 0.15) is 41.0 Å². The van der Waals surface area contributed by atoms with Gasteiger partial charge in [-0.3, -0.25) is 4.79 Å². The van der Waals surface area contributed by atoms with Crippen molar-refractivity contribution in [2.24, 2.45) is 0 Å². The van der Waals surface area contributed by atoms with E-state index in [2.05, 4.69) is 39.5 Å². The summed E-state index contributed by atoms with van der Waals surface area (Å²) in [4.78, 5) is 16.9. The lowest BCUT2D eigenvalue weighted by atomic mass is 9.71. The molecule has 4 aromatic rings. The molecule has 0 radical (unpaired) electrons. The van der Waals surface area contributed by atoms with Crippen molar-refractivity contribution in [3.8, 4) is 17.1 Å². The number of carbonyl (C=O) groups excluding carboxylic acids is 1. The Kier molecular flexibility index (Phi) is 4.38. The number of ketones is 1. The van der Waals surface area contributed by atoms with Crippen molar-refractivity contribution in [2.45, 2.75) is 25.4 Å². The van der Waals surface area contributed by atoms with Crippen molar-refractivity contribution >= 4 is 16.7 Å². The molecule has 2 heterocycles. The Balaban J connectivity index is 1.60. The Labute approximate surface area is 177 Å². The second kappa shape index (κ2) is 7.00. The van der Waals surface area contributed by atoms with E-state index in [1.165, 1.54) is 0 Å². The van der Waals surface area contributed by atoms with Crippen LogP contribution >= 0.6 is 0 Å². The van der Waals surface area contributed by atoms with Gasteiger partial charge >= 0.3 is 0 Å². The Bertz CT molecular complexity index is 1290. The van der Waals surface area contributed by atoms with Crippen LogP contribution in [0.15, 0.2) is 36.4 Å². The number of aromatic nitrogens is 5. The minimum Gasteiger partial charge on any atom is -0.491 e. The molecule has 0 amide bonds. The maximum atomic E-state index is 13.4. The highest BCUT2D eigenvalue weighted by Gasteiger charge is 2.39. The zero-order valence-corrected chi connectivity index (χ0v) is 17.0. The number of ether oxygens (including phenoxy) is 1. The molecule has 2 aromatic carbocycles. The lowest BCUT2D eigenvalue weighted by molar-refractivity contribution is 0.0535. The summed E-state index contributed by atoms with van der Waals surface area (Å²) in [5, 5.41) is 33.5. The third-order valence-electron chi connectivity index (χ3n) is 5.82. The lowest BCUT2D eigenvalue weighted by Crippen LogP contribution is -2.30. The molecule has 0 unspecified atom stereocenters. The molecule has 0 fully saturated rings. The summed E-state index contributed by atoms with van der Waals surface area (Å²) in [5.74, 6) is 0.964. The van der Waals surface area contributed by atoms with Gasteiger partial charge in [-0.05, 0) is 35.0 Å². The largest absolute Gasteiger partial charge is 0.491 e. The van der Waals surface area contributed by atoms with Crippen LogP contribution in [-0.2, 0) is 5.41 Å². The van der Waals surface area contributed by atoms with Crippen molar-refractivity contribution in [1.82, 2.24) is 25.6 Å². The number of rotatable bonds is 5. The predicted octanol–water partition coefficient (Wildman–Crippen LogP) is 1.95. The molecule has 1 aliphatic rings. The van der Waals surface area contributed by atoms with Crippen LogP contribution in [0, 0.1) is 0 Å². The van der Waals surface area contributed by atoms with Gasteiger partial charge in [-0.25, -0.2) is 0 Å². The van der Waals surface area contributed by atoms with Gasteiger partial charge in [0, 0.05) is 33.1 Å². The van der Waals surface area contributed by atoms with E-state index in [0.29, 0.717) is 22.7 Å². The second-order valence-corrected chi connectivity index (χ2v) is 8.18. The van der Waals surface area contributed by atoms with E-state index in [0.717, 1.165) is 27.7 Å². The topological polar surface area (TPSA) is 137 Å². The lowest BCUT2D eigenvalue weighted by Gasteiger charge is -2.32. The molecule has 0 saturated carbocycles. The molecule has 9 nitrogen and oxygen atoms in total. The van der Waals surface area contributed by atoms with Gasteiger partial charge in [0.15, 0.2) is 5.78 Å². The molecule has 9 heteroatoms. The highest BCUT2D eigenvalue weighted by Crippen LogP contribution is 2.45. The fourth-order valence-electron chi connectivity index (χ4n) is 4.17. The number of carbonyl (C=O) groups is 1. The van der Waals surface area contributed by atoms with Gasteiger partial charge in [-0.15, -0.1) is 10.2 Å². The number of aliphatic hydroxyl groups is 2. The number of nitrogens with one attached hydrogen (secondary N) is 2. The Morgan fingerprint density at radius 1 is 1.19 bits per heavy atom. The van der Waals surface area contributed by atoms with Gasteiger partial charge in [-0.2, -0.15) is 5.21 Å². The minimum absolute atomic E-state index is 0.0276. The van der Waals surface area contributed by atoms with Crippen LogP contribution in [0.4, 0.5) is 0 Å². The van der Waals surface area contributed by atoms with Gasteiger partial charge in [0.2, 0.25) is 5.82 Å². The number of aliphatic hydroxyl groups excluding tert-OH is 2. The van der Waals surface area contributed by atoms with E-state index in [-0.39, 0.29) is 19.0 Å². The molecule has 1 aliphatic carbocycles. The normalized spacial score (nSPS) is 15.5. The summed E-state index contributed by atoms with van der Waals surface area (Å²) in [7, 11) is 0. The maximum Gasteiger partial charge on any atom is 0.204 e. The molecule has 158 valence electrons. The number of hydrogen-bond acceptors (Lipinski definition) is 7. The molecule has 4 N–H and O–H groups in total. The Morgan fingerprint density at radius 2 is 2.03 bits per heavy atom. The molecular formula is C22H21N5O4. The maximum absolute atomic E-state index is 13.4. The van der Waals surface area contributed by atoms with Crippen molar-refractivity contribution in [2.75, 3.05) is 13.2 Å². The Morgan fingerprint density at radius 3 is 2.77 bits per heavy atom. The van der Waals surface area contributed by atoms with Gasteiger partial charge in [0.25, 0.3) is 0 Å². The number of nitrogens with zero attached hydrogens (tertiary/aromatic N) is 3. The van der Waals surface area contributed by atoms with E-state index in [1.807, 2.05) is 24.3 Å². The molecule has 1 atom stereocenters. The Hall–Kier alpha value is -3.56. The third-order valence-corrected chi connectivity index (χ3v) is 5.82. The minimum atomic E-state index is -0.959. The predicted molar refractivity (Wildman–Crippen MR) is 112 cm³/mol. The summed E-state index contributed by atoms with van der Waals surface area (Å²) in [6, 6.07) is 11.0. The number of tetrazole rings is 1. The van der Waals surface area contributed by atoms with Crippen LogP contribution in [0.2, 0.25) is 0 Å². The number of H-pyrrole nitrogens is 2. The van der Waals surface area contributed by atoms with E-state index in [1.54, 1.807) is 12.1 Å². The van der Waals surface area contributed by atoms with Crippen molar-refractivity contribution in [3.05, 3.63) is 58.8 Å². The SMILES string of the molecule is CC1(C)c2cc(OC[C@@H](O)CO)ccc2C(=O)c2c1[nH]c1cc(-c3nn[nH]n3)ccc21. The van der Waals surface area contributed by atoms with Crippen LogP contribution in [-0.4, -0.2) is 60.9 Å². The van der Waals surface area contributed by atoms with Gasteiger partial charge < -0.3 is 19.9 Å². The van der Waals surface area contributed by atoms with Crippen molar-refractivity contribution in [3.63, 3.8) is 0 Å². The molecule has 2 aromatic heterocycles. The first-order valence-electron chi connectivity index (χ1n) is 9.91. The molecule has 0 aliphatic heterocycles. The van der Waals surface area contributed by atoms with Crippen LogP contribution in [0.25, 0.3) is 22.3 Å². The van der Waals surface area contributed by atoms with E-state index >= 15 is 0 Å². The zero-order valence-electron chi connectivity index (χ0n) is 17.0. The van der Waals surface area contributed by atoms with Crippen molar-refractivity contribution in [1.29, 1.82) is 0 Å². The summed E-state index contributed by atoms with van der Waals surface area (Å²) >= 11 is 0. The average Bonchev–Trinajstić information content (AvgIpc) is 3.44. The quantitative estimate of drug-likeness (QED) is 0.388. The summed E-state index contributed by atoms with van der Waals surface area (Å²) < 4.78 is 5.60. The fourth-order valence-corrected chi connectivity index (χ4v) is 4.17. The summed E-state index contributed by atoms with van der Waals surface area (Å²) in [6.45, 7) is 3.71. The van der Waals surface area contributed by atoms with Gasteiger partial charge in [0.1, 0.15) is 18.5 Å². The monoisotopic (exact) mass is 419 g/mol. The van der Waals surface area contributed by atoms with Crippen LogP contribution in [0.3, 0.4) is 0 Å². The van der Waals surface area contributed by atoms with E-state index in [4.69, 9.17) is 9.84 Å². The summed E-state index contributed by atoms with van der Waals surface area (Å²) in [5.41, 5.74) is 4.08. The van der Waals surface area contributed by atoms with Crippen LogP contribution in [0.5, 0.6) is 5.75 Å². The van der Waals surface area contributed by atoms with Gasteiger partial charge in [0.05, 0.1) is 12.2 Å². The molecule has 0 saturated heterocycles. The first-order valence-corrected chi connectivity index (χ1v) is 9.91. The third kappa shape index (κ3) is 3.01. The second-order valence-electron chi connectivity index (χ2n) is 8.18. The fraction of sp³-hybridized carbons (Fsp3) is 0.273. The number of aromatic amines is 2. The van der Waals surface area contributed by atoms with E-state index in [9.17, 15) is 9.90 Å². The standard InChI is InChI=1S/C22H21N5O4/c1-22(2)16-8-13(31-10-12(29)9-28)4-6-14(16)19(30)18-15-5-3-11(21-24-26-27-25-21)7-17(15)23-20(18)22/h3-8,12,23,28-29H,9-10H2,1-2H3,(H,24,25,26,27)/t12-/m0/s1. The number of hydrogen-bond donors (Lipinski definition) is 4. The molecular weight excluding hydrogens is 398 g/mol. The van der Waals surface area contributed by atoms with E-state index < -0.39 is 11.5 Å². The zero-order chi connectivity index (χ0) is 21.8. The first kappa shape index (κ1) is 19.4.